The SMILES string of the molecule is CCCCCCCC/C=C\CCCCCCCCCC(=O)NC(COP(=O)([O-])OCC[N+](C)(C)C)C(O)CCCCCCCCCCCCCCCCCCC. The topological polar surface area (TPSA) is 108 Å². The molecule has 0 saturated heterocycles. The summed E-state index contributed by atoms with van der Waals surface area (Å²) in [4.78, 5) is 25.4. The molecule has 0 spiro atoms. The Labute approximate surface area is 348 Å². The van der Waals surface area contributed by atoms with E-state index in [1.807, 2.05) is 21.1 Å². The average molecular weight is 815 g/mol. The summed E-state index contributed by atoms with van der Waals surface area (Å²) in [6.45, 7) is 4.73. The molecule has 334 valence electrons. The van der Waals surface area contributed by atoms with Crippen molar-refractivity contribution in [1.82, 2.24) is 5.32 Å². The van der Waals surface area contributed by atoms with Crippen LogP contribution in [0.5, 0.6) is 0 Å². The maximum atomic E-state index is 12.9. The molecule has 1 amide bonds. The van der Waals surface area contributed by atoms with Gasteiger partial charge in [0, 0.05) is 6.42 Å². The summed E-state index contributed by atoms with van der Waals surface area (Å²) < 4.78 is 23.3. The van der Waals surface area contributed by atoms with Crippen LogP contribution in [0.15, 0.2) is 12.2 Å². The minimum atomic E-state index is -4.56. The molecule has 0 fully saturated rings. The van der Waals surface area contributed by atoms with Gasteiger partial charge in [0.2, 0.25) is 5.91 Å². The molecular weight excluding hydrogens is 719 g/mol. The second-order valence-electron chi connectivity index (χ2n) is 17.8. The van der Waals surface area contributed by atoms with E-state index in [0.29, 0.717) is 23.9 Å². The van der Waals surface area contributed by atoms with E-state index in [4.69, 9.17) is 9.05 Å². The number of amides is 1. The summed E-state index contributed by atoms with van der Waals surface area (Å²) in [5.41, 5.74) is 0. The predicted molar refractivity (Wildman–Crippen MR) is 238 cm³/mol. The Bertz CT molecular complexity index is 927. The van der Waals surface area contributed by atoms with Gasteiger partial charge in [-0.3, -0.25) is 9.36 Å². The minimum Gasteiger partial charge on any atom is -0.756 e. The number of carbonyl (C=O) groups excluding carboxylic acids is 1. The number of nitrogens with one attached hydrogen (secondary N) is 1. The first kappa shape index (κ1) is 55.2. The molecule has 0 aromatic rings. The van der Waals surface area contributed by atoms with E-state index < -0.39 is 20.0 Å². The Balaban J connectivity index is 4.31. The number of quaternary nitrogens is 1. The van der Waals surface area contributed by atoms with Crippen molar-refractivity contribution >= 4 is 13.7 Å². The Morgan fingerprint density at radius 1 is 0.607 bits per heavy atom. The molecule has 0 saturated carbocycles. The van der Waals surface area contributed by atoms with Gasteiger partial charge in [0.05, 0.1) is 39.9 Å². The molecule has 3 unspecified atom stereocenters. The van der Waals surface area contributed by atoms with Crippen LogP contribution in [0, 0.1) is 0 Å². The van der Waals surface area contributed by atoms with E-state index in [1.54, 1.807) is 0 Å². The molecule has 0 aliphatic heterocycles. The summed E-state index contributed by atoms with van der Waals surface area (Å²) in [7, 11) is 1.31. The van der Waals surface area contributed by atoms with Gasteiger partial charge in [-0.2, -0.15) is 0 Å². The van der Waals surface area contributed by atoms with Gasteiger partial charge in [0.25, 0.3) is 7.82 Å². The Hall–Kier alpha value is -0.760. The fourth-order valence-corrected chi connectivity index (χ4v) is 7.88. The fourth-order valence-electron chi connectivity index (χ4n) is 7.15. The van der Waals surface area contributed by atoms with E-state index >= 15 is 0 Å². The van der Waals surface area contributed by atoms with Crippen molar-refractivity contribution in [2.24, 2.45) is 0 Å². The molecule has 9 heteroatoms. The van der Waals surface area contributed by atoms with Crippen molar-refractivity contribution in [1.29, 1.82) is 0 Å². The van der Waals surface area contributed by atoms with Crippen LogP contribution in [0.25, 0.3) is 0 Å². The first-order valence-corrected chi connectivity index (χ1v) is 25.5. The van der Waals surface area contributed by atoms with Crippen molar-refractivity contribution < 1.29 is 32.9 Å². The van der Waals surface area contributed by atoms with E-state index in [9.17, 15) is 19.4 Å². The largest absolute Gasteiger partial charge is 0.756 e. The quantitative estimate of drug-likeness (QED) is 0.0274. The van der Waals surface area contributed by atoms with Crippen LogP contribution in [0.3, 0.4) is 0 Å². The highest BCUT2D eigenvalue weighted by Crippen LogP contribution is 2.38. The second-order valence-corrected chi connectivity index (χ2v) is 19.2. The van der Waals surface area contributed by atoms with E-state index in [2.05, 4.69) is 31.3 Å². The number of carbonyl (C=O) groups is 1. The van der Waals surface area contributed by atoms with E-state index in [1.165, 1.54) is 167 Å². The average Bonchev–Trinajstić information content (AvgIpc) is 3.15. The van der Waals surface area contributed by atoms with Gasteiger partial charge in [-0.25, -0.2) is 0 Å². The van der Waals surface area contributed by atoms with Gasteiger partial charge in [-0.05, 0) is 38.5 Å². The first-order valence-electron chi connectivity index (χ1n) is 24.0. The molecule has 56 heavy (non-hydrogen) atoms. The number of hydrogen-bond donors (Lipinski definition) is 2. The lowest BCUT2D eigenvalue weighted by molar-refractivity contribution is -0.870. The zero-order valence-electron chi connectivity index (χ0n) is 37.9. The normalized spacial score (nSPS) is 14.3. The van der Waals surface area contributed by atoms with Crippen LogP contribution in [0.1, 0.15) is 232 Å². The first-order chi connectivity index (χ1) is 27.0. The van der Waals surface area contributed by atoms with Gasteiger partial charge in [0.1, 0.15) is 13.2 Å². The van der Waals surface area contributed by atoms with Crippen LogP contribution in [-0.4, -0.2) is 68.5 Å². The zero-order valence-corrected chi connectivity index (χ0v) is 38.7. The third kappa shape index (κ3) is 41.4. The maximum Gasteiger partial charge on any atom is 0.268 e. The number of aliphatic hydroxyl groups is 1. The Kier molecular flexibility index (Phi) is 39.1. The summed E-state index contributed by atoms with van der Waals surface area (Å²) in [6.07, 6.45) is 44.9. The van der Waals surface area contributed by atoms with Crippen LogP contribution >= 0.6 is 7.82 Å². The standard InChI is InChI=1S/C47H95N2O6P/c1-6-8-10-12-14-16-18-20-22-24-26-28-30-32-34-36-38-40-46(50)45(44-55-56(52,53)54-43-42-49(3,4)5)48-47(51)41-39-37-35-33-31-29-27-25-23-21-19-17-15-13-11-9-7-2/h21,23,45-46,50H,6-20,22,24-44H2,1-5H3,(H-,48,51,52,53)/b23-21-. The highest BCUT2D eigenvalue weighted by atomic mass is 31.2. The summed E-state index contributed by atoms with van der Waals surface area (Å²) in [5, 5.41) is 13.9. The molecule has 0 aliphatic rings. The summed E-state index contributed by atoms with van der Waals surface area (Å²) in [5.74, 6) is -0.167. The molecule has 3 atom stereocenters. The Morgan fingerprint density at radius 2 is 0.982 bits per heavy atom. The number of unbranched alkanes of at least 4 members (excludes halogenated alkanes) is 29. The number of aliphatic hydroxyl groups excluding tert-OH is 1. The van der Waals surface area contributed by atoms with Gasteiger partial charge in [-0.1, -0.05) is 199 Å². The number of phosphoric ester groups is 1. The molecule has 0 bridgehead atoms. The highest BCUT2D eigenvalue weighted by molar-refractivity contribution is 7.45. The van der Waals surface area contributed by atoms with Crippen molar-refractivity contribution in [2.75, 3.05) is 40.9 Å². The van der Waals surface area contributed by atoms with Gasteiger partial charge >= 0.3 is 0 Å². The van der Waals surface area contributed by atoms with E-state index in [-0.39, 0.29) is 19.1 Å². The highest BCUT2D eigenvalue weighted by Gasteiger charge is 2.24. The second kappa shape index (κ2) is 39.7. The van der Waals surface area contributed by atoms with Crippen molar-refractivity contribution in [3.63, 3.8) is 0 Å². The van der Waals surface area contributed by atoms with Crippen molar-refractivity contribution in [2.45, 2.75) is 244 Å². The van der Waals surface area contributed by atoms with E-state index in [0.717, 1.165) is 38.5 Å². The van der Waals surface area contributed by atoms with Crippen LogP contribution in [0.2, 0.25) is 0 Å². The van der Waals surface area contributed by atoms with Gasteiger partial charge in [0.15, 0.2) is 0 Å². The molecule has 0 aromatic heterocycles. The number of likely N-dealkylation sites (N-methyl/N-ethyl adjacent to an activating group) is 1. The number of nitrogens with zero attached hydrogens (tertiary/aromatic N) is 1. The molecule has 0 aromatic carbocycles. The zero-order chi connectivity index (χ0) is 41.4. The number of allylic oxidation sites excluding steroid dienone is 2. The lowest BCUT2D eigenvalue weighted by Gasteiger charge is -2.30. The number of hydrogen-bond acceptors (Lipinski definition) is 6. The summed E-state index contributed by atoms with van der Waals surface area (Å²) >= 11 is 0. The number of rotatable bonds is 44. The molecule has 8 nitrogen and oxygen atoms in total. The lowest BCUT2D eigenvalue weighted by Crippen LogP contribution is -2.46. The molecule has 0 rings (SSSR count). The molecule has 2 N–H and O–H groups in total. The third-order valence-corrected chi connectivity index (χ3v) is 12.0. The van der Waals surface area contributed by atoms with Gasteiger partial charge < -0.3 is 28.8 Å². The van der Waals surface area contributed by atoms with Crippen LogP contribution < -0.4 is 10.2 Å². The monoisotopic (exact) mass is 815 g/mol. The van der Waals surface area contributed by atoms with Crippen LogP contribution in [-0.2, 0) is 18.4 Å². The number of phosphoric acid groups is 1. The molecule has 0 heterocycles. The molecule has 0 aliphatic carbocycles. The third-order valence-electron chi connectivity index (χ3n) is 11.0. The minimum absolute atomic E-state index is 0.0134. The van der Waals surface area contributed by atoms with Crippen LogP contribution in [0.4, 0.5) is 0 Å². The lowest BCUT2D eigenvalue weighted by atomic mass is 10.0. The van der Waals surface area contributed by atoms with Crippen molar-refractivity contribution in [3.8, 4) is 0 Å². The van der Waals surface area contributed by atoms with Crippen molar-refractivity contribution in [3.05, 3.63) is 12.2 Å². The predicted octanol–water partition coefficient (Wildman–Crippen LogP) is 12.9. The molecular formula is C47H95N2O6P. The fraction of sp³-hybridized carbons (Fsp3) is 0.936. The summed E-state index contributed by atoms with van der Waals surface area (Å²) in [6, 6.07) is -0.798. The van der Waals surface area contributed by atoms with Gasteiger partial charge in [-0.15, -0.1) is 0 Å². The molecule has 0 radical (unpaired) electrons. The smallest absolute Gasteiger partial charge is 0.268 e. The maximum absolute atomic E-state index is 12.9. The Morgan fingerprint density at radius 3 is 1.39 bits per heavy atom.